The summed E-state index contributed by atoms with van der Waals surface area (Å²) < 4.78 is 29.1. The molecule has 0 aliphatic rings. The first-order valence-electron chi connectivity index (χ1n) is 9.58. The Balaban J connectivity index is 0.00000256. The van der Waals surface area contributed by atoms with E-state index in [4.69, 9.17) is 0 Å². The van der Waals surface area contributed by atoms with Gasteiger partial charge < -0.3 is 9.47 Å². The zero-order chi connectivity index (χ0) is 20.5. The van der Waals surface area contributed by atoms with Crippen LogP contribution in [0, 0.1) is 25.5 Å². The van der Waals surface area contributed by atoms with Crippen molar-refractivity contribution in [1.29, 1.82) is 0 Å². The van der Waals surface area contributed by atoms with E-state index in [9.17, 15) is 8.78 Å². The Labute approximate surface area is 181 Å². The monoisotopic (exact) mass is 427 g/mol. The van der Waals surface area contributed by atoms with Gasteiger partial charge in [0.25, 0.3) is 0 Å². The maximum absolute atomic E-state index is 13.7. The lowest BCUT2D eigenvalue weighted by atomic mass is 10.2. The zero-order valence-electron chi connectivity index (χ0n) is 17.2. The summed E-state index contributed by atoms with van der Waals surface area (Å²) in [7, 11) is 1.98. The summed E-state index contributed by atoms with van der Waals surface area (Å²) in [5.74, 6) is 0.367. The third kappa shape index (κ3) is 4.17. The van der Waals surface area contributed by atoms with Crippen molar-refractivity contribution >= 4 is 29.1 Å². The van der Waals surface area contributed by atoms with Crippen molar-refractivity contribution in [1.82, 2.24) is 9.55 Å². The van der Waals surface area contributed by atoms with E-state index in [2.05, 4.69) is 28.3 Å². The molecule has 3 nitrogen and oxygen atoms in total. The van der Waals surface area contributed by atoms with Gasteiger partial charge in [0.15, 0.2) is 5.82 Å². The molecule has 156 valence electrons. The van der Waals surface area contributed by atoms with Gasteiger partial charge in [0, 0.05) is 37.4 Å². The SMILES string of the molecule is Cc1c(C)n(Cc2cccc(F)c2)c2c(N(C)Cc3ccc(F)cc3)nccc12.Cl. The second-order valence-electron chi connectivity index (χ2n) is 7.44. The number of fused-ring (bicyclic) bond motifs is 1. The molecule has 2 aromatic carbocycles. The maximum atomic E-state index is 13.7. The molecule has 0 atom stereocenters. The van der Waals surface area contributed by atoms with Gasteiger partial charge in [-0.2, -0.15) is 0 Å². The van der Waals surface area contributed by atoms with E-state index in [0.717, 1.165) is 33.5 Å². The minimum Gasteiger partial charge on any atom is -0.354 e. The summed E-state index contributed by atoms with van der Waals surface area (Å²) in [6.07, 6.45) is 1.82. The molecule has 0 bridgehead atoms. The molecular weight excluding hydrogens is 404 g/mol. The fourth-order valence-electron chi connectivity index (χ4n) is 3.81. The predicted molar refractivity (Wildman–Crippen MR) is 120 cm³/mol. The fourth-order valence-corrected chi connectivity index (χ4v) is 3.81. The normalized spacial score (nSPS) is 10.8. The molecule has 0 aliphatic carbocycles. The van der Waals surface area contributed by atoms with E-state index in [1.807, 2.05) is 25.4 Å². The lowest BCUT2D eigenvalue weighted by Crippen LogP contribution is -2.19. The van der Waals surface area contributed by atoms with E-state index in [1.54, 1.807) is 24.3 Å². The largest absolute Gasteiger partial charge is 0.354 e. The quantitative estimate of drug-likeness (QED) is 0.387. The Kier molecular flexibility index (Phi) is 6.42. The molecule has 2 heterocycles. The van der Waals surface area contributed by atoms with Crippen molar-refractivity contribution in [3.8, 4) is 0 Å². The number of hydrogen-bond acceptors (Lipinski definition) is 2. The van der Waals surface area contributed by atoms with Crippen LogP contribution in [0.2, 0.25) is 0 Å². The molecule has 30 heavy (non-hydrogen) atoms. The number of aromatic nitrogens is 2. The molecule has 0 unspecified atom stereocenters. The van der Waals surface area contributed by atoms with Crippen LogP contribution in [0.4, 0.5) is 14.6 Å². The van der Waals surface area contributed by atoms with Gasteiger partial charge in [-0.25, -0.2) is 13.8 Å². The van der Waals surface area contributed by atoms with Crippen LogP contribution in [0.15, 0.2) is 60.8 Å². The van der Waals surface area contributed by atoms with E-state index < -0.39 is 0 Å². The standard InChI is InChI=1S/C24H23F2N3.ClH/c1-16-17(2)29(15-19-5-4-6-21(26)13-19)23-22(16)11-12-27-24(23)28(3)14-18-7-9-20(25)10-8-18;/h4-13H,14-15H2,1-3H3;1H. The van der Waals surface area contributed by atoms with E-state index >= 15 is 0 Å². The molecule has 0 saturated heterocycles. The van der Waals surface area contributed by atoms with Crippen LogP contribution in [0.3, 0.4) is 0 Å². The minimum absolute atomic E-state index is 0. The van der Waals surface area contributed by atoms with Gasteiger partial charge in [-0.15, -0.1) is 12.4 Å². The molecule has 0 amide bonds. The number of nitrogens with zero attached hydrogens (tertiary/aromatic N) is 3. The molecule has 0 radical (unpaired) electrons. The average Bonchev–Trinajstić information content (AvgIpc) is 2.95. The van der Waals surface area contributed by atoms with Crippen molar-refractivity contribution < 1.29 is 8.78 Å². The summed E-state index contributed by atoms with van der Waals surface area (Å²) >= 11 is 0. The lowest BCUT2D eigenvalue weighted by molar-refractivity contribution is 0.623. The number of halogens is 3. The first-order chi connectivity index (χ1) is 13.9. The van der Waals surface area contributed by atoms with Gasteiger partial charge in [0.2, 0.25) is 0 Å². The Hall–Kier alpha value is -2.92. The number of rotatable bonds is 5. The average molecular weight is 428 g/mol. The van der Waals surface area contributed by atoms with Crippen LogP contribution in [0.5, 0.6) is 0 Å². The van der Waals surface area contributed by atoms with Crippen LogP contribution in [0.25, 0.3) is 10.9 Å². The Morgan fingerprint density at radius 2 is 1.67 bits per heavy atom. The first kappa shape index (κ1) is 21.8. The van der Waals surface area contributed by atoms with E-state index in [-0.39, 0.29) is 24.0 Å². The van der Waals surface area contributed by atoms with E-state index in [1.165, 1.54) is 23.8 Å². The second kappa shape index (κ2) is 8.84. The maximum Gasteiger partial charge on any atom is 0.153 e. The zero-order valence-corrected chi connectivity index (χ0v) is 18.0. The number of hydrogen-bond donors (Lipinski definition) is 0. The third-order valence-electron chi connectivity index (χ3n) is 5.45. The van der Waals surface area contributed by atoms with Crippen molar-refractivity contribution in [3.63, 3.8) is 0 Å². The highest BCUT2D eigenvalue weighted by atomic mass is 35.5. The van der Waals surface area contributed by atoms with Crippen molar-refractivity contribution in [3.05, 3.63) is 94.8 Å². The van der Waals surface area contributed by atoms with Crippen LogP contribution in [0.1, 0.15) is 22.4 Å². The van der Waals surface area contributed by atoms with Crippen LogP contribution >= 0.6 is 12.4 Å². The van der Waals surface area contributed by atoms with Gasteiger partial charge >= 0.3 is 0 Å². The summed E-state index contributed by atoms with van der Waals surface area (Å²) in [5, 5.41) is 1.13. The molecule has 0 N–H and O–H groups in total. The highest BCUT2D eigenvalue weighted by Crippen LogP contribution is 2.32. The number of aryl methyl sites for hydroxylation is 1. The van der Waals surface area contributed by atoms with Gasteiger partial charge in [-0.05, 0) is 60.9 Å². The molecular formula is C24H24ClF2N3. The van der Waals surface area contributed by atoms with E-state index in [0.29, 0.717) is 13.1 Å². The number of anilines is 1. The molecule has 0 aliphatic heterocycles. The topological polar surface area (TPSA) is 21.1 Å². The summed E-state index contributed by atoms with van der Waals surface area (Å²) in [6, 6.07) is 15.2. The molecule has 0 fully saturated rings. The smallest absolute Gasteiger partial charge is 0.153 e. The number of benzene rings is 2. The number of pyridine rings is 1. The van der Waals surface area contributed by atoms with Gasteiger partial charge in [-0.3, -0.25) is 0 Å². The predicted octanol–water partition coefficient (Wildman–Crippen LogP) is 6.04. The molecule has 4 aromatic rings. The third-order valence-corrected chi connectivity index (χ3v) is 5.45. The summed E-state index contributed by atoms with van der Waals surface area (Å²) in [5.41, 5.74) is 5.26. The van der Waals surface area contributed by atoms with Gasteiger partial charge in [0.1, 0.15) is 11.6 Å². The van der Waals surface area contributed by atoms with Crippen LogP contribution in [-0.2, 0) is 13.1 Å². The molecule has 0 saturated carbocycles. The molecule has 2 aromatic heterocycles. The van der Waals surface area contributed by atoms with Crippen molar-refractivity contribution in [2.24, 2.45) is 0 Å². The van der Waals surface area contributed by atoms with Crippen molar-refractivity contribution in [2.45, 2.75) is 26.9 Å². The van der Waals surface area contributed by atoms with Gasteiger partial charge in [0.05, 0.1) is 5.52 Å². The molecule has 6 heteroatoms. The Bertz CT molecular complexity index is 1170. The lowest BCUT2D eigenvalue weighted by Gasteiger charge is -2.21. The minimum atomic E-state index is -0.244. The summed E-state index contributed by atoms with van der Waals surface area (Å²) in [6.45, 7) is 5.36. The first-order valence-corrected chi connectivity index (χ1v) is 9.58. The Morgan fingerprint density at radius 1 is 0.933 bits per heavy atom. The molecule has 0 spiro atoms. The van der Waals surface area contributed by atoms with Gasteiger partial charge in [-0.1, -0.05) is 24.3 Å². The summed E-state index contributed by atoms with van der Waals surface area (Å²) in [4.78, 5) is 6.72. The Morgan fingerprint density at radius 3 is 2.37 bits per heavy atom. The van der Waals surface area contributed by atoms with Crippen LogP contribution < -0.4 is 4.90 Å². The second-order valence-corrected chi connectivity index (χ2v) is 7.44. The van der Waals surface area contributed by atoms with Crippen molar-refractivity contribution in [2.75, 3.05) is 11.9 Å². The highest BCUT2D eigenvalue weighted by Gasteiger charge is 2.18. The van der Waals surface area contributed by atoms with Crippen LogP contribution in [-0.4, -0.2) is 16.6 Å². The fraction of sp³-hybridized carbons (Fsp3) is 0.208. The highest BCUT2D eigenvalue weighted by molar-refractivity contribution is 5.93. The molecule has 4 rings (SSSR count).